The van der Waals surface area contributed by atoms with Gasteiger partial charge in [-0.3, -0.25) is 9.59 Å². The summed E-state index contributed by atoms with van der Waals surface area (Å²) in [5, 5.41) is 2.96. The van der Waals surface area contributed by atoms with Gasteiger partial charge in [0.25, 0.3) is 0 Å². The van der Waals surface area contributed by atoms with Gasteiger partial charge in [0, 0.05) is 25.9 Å². The zero-order chi connectivity index (χ0) is 22.2. The number of fused-ring (bicyclic) bond motifs is 1. The van der Waals surface area contributed by atoms with Crippen molar-refractivity contribution in [2.24, 2.45) is 0 Å². The van der Waals surface area contributed by atoms with Gasteiger partial charge in [0.05, 0.1) is 6.04 Å². The van der Waals surface area contributed by atoms with Crippen LogP contribution in [0.25, 0.3) is 0 Å². The van der Waals surface area contributed by atoms with Crippen LogP contribution in [-0.4, -0.2) is 29.8 Å². The molecule has 32 heavy (non-hydrogen) atoms. The van der Waals surface area contributed by atoms with Crippen molar-refractivity contribution in [3.63, 3.8) is 0 Å². The van der Waals surface area contributed by atoms with Gasteiger partial charge in [-0.15, -0.1) is 0 Å². The minimum Gasteiger partial charge on any atom is -0.356 e. The highest BCUT2D eigenvalue weighted by Crippen LogP contribution is 2.35. The van der Waals surface area contributed by atoms with E-state index in [1.165, 1.54) is 16.7 Å². The van der Waals surface area contributed by atoms with Gasteiger partial charge in [0.1, 0.15) is 0 Å². The molecule has 1 N–H and O–H groups in total. The molecule has 1 atom stereocenters. The number of nitrogens with one attached hydrogen (secondary N) is 1. The molecule has 0 fully saturated rings. The first-order valence-electron chi connectivity index (χ1n) is 11.5. The van der Waals surface area contributed by atoms with Crippen molar-refractivity contribution in [2.45, 2.75) is 38.1 Å². The van der Waals surface area contributed by atoms with E-state index in [4.69, 9.17) is 0 Å². The first-order valence-corrected chi connectivity index (χ1v) is 11.5. The second kappa shape index (κ2) is 10.8. The fourth-order valence-electron chi connectivity index (χ4n) is 4.45. The van der Waals surface area contributed by atoms with Crippen molar-refractivity contribution in [2.75, 3.05) is 13.1 Å². The van der Waals surface area contributed by atoms with Crippen LogP contribution in [-0.2, 0) is 22.4 Å². The maximum atomic E-state index is 13.2. The summed E-state index contributed by atoms with van der Waals surface area (Å²) in [4.78, 5) is 27.4. The molecular formula is C28H30N2O2. The lowest BCUT2D eigenvalue weighted by Crippen LogP contribution is -2.41. The number of amides is 2. The summed E-state index contributed by atoms with van der Waals surface area (Å²) in [6.45, 7) is 1.31. The van der Waals surface area contributed by atoms with Crippen LogP contribution < -0.4 is 5.32 Å². The second-order valence-corrected chi connectivity index (χ2v) is 8.29. The Balaban J connectivity index is 1.32. The highest BCUT2D eigenvalue weighted by molar-refractivity contribution is 5.84. The molecule has 1 aliphatic rings. The van der Waals surface area contributed by atoms with Gasteiger partial charge >= 0.3 is 0 Å². The van der Waals surface area contributed by atoms with Crippen LogP contribution in [0.2, 0.25) is 0 Å². The molecule has 0 radical (unpaired) electrons. The Bertz CT molecular complexity index is 1030. The zero-order valence-corrected chi connectivity index (χ0v) is 18.4. The number of carbonyl (C=O) groups excluding carboxylic acids is 2. The summed E-state index contributed by atoms with van der Waals surface area (Å²) in [6.07, 6.45) is 3.13. The first-order chi connectivity index (χ1) is 15.7. The lowest BCUT2D eigenvalue weighted by molar-refractivity contribution is -0.135. The molecule has 0 saturated heterocycles. The number of carbonyl (C=O) groups is 2. The van der Waals surface area contributed by atoms with Gasteiger partial charge < -0.3 is 10.2 Å². The summed E-state index contributed by atoms with van der Waals surface area (Å²) in [7, 11) is 0. The molecular weight excluding hydrogens is 396 g/mol. The Morgan fingerprint density at radius 2 is 1.53 bits per heavy atom. The third-order valence-corrected chi connectivity index (χ3v) is 6.09. The van der Waals surface area contributed by atoms with E-state index in [1.807, 2.05) is 47.4 Å². The average Bonchev–Trinajstić information content (AvgIpc) is 2.85. The second-order valence-electron chi connectivity index (χ2n) is 8.29. The lowest BCUT2D eigenvalue weighted by Gasteiger charge is -2.38. The molecule has 0 spiro atoms. The fourth-order valence-corrected chi connectivity index (χ4v) is 4.45. The van der Waals surface area contributed by atoms with Crippen LogP contribution >= 0.6 is 0 Å². The van der Waals surface area contributed by atoms with Crippen LogP contribution in [0.1, 0.15) is 47.6 Å². The molecule has 1 unspecified atom stereocenters. The fraction of sp³-hybridized carbons (Fsp3) is 0.286. The molecule has 0 aliphatic carbocycles. The third-order valence-electron chi connectivity index (χ3n) is 6.09. The number of hydrogen-bond acceptors (Lipinski definition) is 2. The zero-order valence-electron chi connectivity index (χ0n) is 18.4. The van der Waals surface area contributed by atoms with E-state index in [-0.39, 0.29) is 30.7 Å². The number of nitrogens with zero attached hydrogens (tertiary/aromatic N) is 1. The molecule has 3 aromatic rings. The van der Waals surface area contributed by atoms with Crippen molar-refractivity contribution < 1.29 is 9.59 Å². The minimum absolute atomic E-state index is 0.0350. The summed E-state index contributed by atoms with van der Waals surface area (Å²) in [6, 6.07) is 28.7. The third kappa shape index (κ3) is 5.44. The molecule has 0 saturated carbocycles. The van der Waals surface area contributed by atoms with Crippen LogP contribution in [0.3, 0.4) is 0 Å². The number of benzene rings is 3. The Morgan fingerprint density at radius 1 is 0.844 bits per heavy atom. The van der Waals surface area contributed by atoms with Gasteiger partial charge in [0.15, 0.2) is 0 Å². The standard InChI is InChI=1S/C28H30N2O2/c31-26(29-20-9-12-22-10-3-1-4-11-22)17-18-27(32)30-21-19-23-13-7-8-16-25(23)28(30)24-14-5-2-6-15-24/h1-8,10-11,13-16,28H,9,12,17-21H2,(H,29,31). The summed E-state index contributed by atoms with van der Waals surface area (Å²) >= 11 is 0. The van der Waals surface area contributed by atoms with E-state index in [0.717, 1.165) is 24.8 Å². The molecule has 4 heteroatoms. The highest BCUT2D eigenvalue weighted by atomic mass is 16.2. The Kier molecular flexibility index (Phi) is 7.34. The van der Waals surface area contributed by atoms with Crippen molar-refractivity contribution in [3.05, 3.63) is 107 Å². The van der Waals surface area contributed by atoms with Crippen LogP contribution in [0.5, 0.6) is 0 Å². The molecule has 0 bridgehead atoms. The molecule has 4 rings (SSSR count). The number of aryl methyl sites for hydroxylation is 1. The Hall–Kier alpha value is -3.40. The Morgan fingerprint density at radius 3 is 2.31 bits per heavy atom. The maximum absolute atomic E-state index is 13.2. The monoisotopic (exact) mass is 426 g/mol. The average molecular weight is 427 g/mol. The Labute approximate surface area is 190 Å². The molecule has 1 aliphatic heterocycles. The maximum Gasteiger partial charge on any atom is 0.223 e. The van der Waals surface area contributed by atoms with Gasteiger partial charge in [-0.05, 0) is 41.5 Å². The van der Waals surface area contributed by atoms with Gasteiger partial charge in [-0.25, -0.2) is 0 Å². The number of rotatable bonds is 8. The highest BCUT2D eigenvalue weighted by Gasteiger charge is 2.31. The van der Waals surface area contributed by atoms with Gasteiger partial charge in [0.2, 0.25) is 11.8 Å². The smallest absolute Gasteiger partial charge is 0.223 e. The summed E-state index contributed by atoms with van der Waals surface area (Å²) < 4.78 is 0. The van der Waals surface area contributed by atoms with Crippen LogP contribution in [0.4, 0.5) is 0 Å². The molecule has 1 heterocycles. The van der Waals surface area contributed by atoms with E-state index >= 15 is 0 Å². The minimum atomic E-state index is -0.0948. The van der Waals surface area contributed by atoms with E-state index in [0.29, 0.717) is 13.1 Å². The van der Waals surface area contributed by atoms with Crippen molar-refractivity contribution >= 4 is 11.8 Å². The normalized spacial score (nSPS) is 15.1. The quantitative estimate of drug-likeness (QED) is 0.531. The van der Waals surface area contributed by atoms with Crippen molar-refractivity contribution in [1.82, 2.24) is 10.2 Å². The predicted octanol–water partition coefficient (Wildman–Crippen LogP) is 4.69. The van der Waals surface area contributed by atoms with Crippen molar-refractivity contribution in [3.8, 4) is 0 Å². The van der Waals surface area contributed by atoms with Gasteiger partial charge in [-0.2, -0.15) is 0 Å². The SMILES string of the molecule is O=C(CCC(=O)N1CCc2ccccc2C1c1ccccc1)NCCCc1ccccc1. The van der Waals surface area contributed by atoms with Crippen molar-refractivity contribution in [1.29, 1.82) is 0 Å². The van der Waals surface area contributed by atoms with Crippen LogP contribution in [0.15, 0.2) is 84.9 Å². The molecule has 164 valence electrons. The number of hydrogen-bond donors (Lipinski definition) is 1. The van der Waals surface area contributed by atoms with Gasteiger partial charge in [-0.1, -0.05) is 84.9 Å². The largest absolute Gasteiger partial charge is 0.356 e. The summed E-state index contributed by atoms with van der Waals surface area (Å²) in [5.41, 5.74) is 4.86. The predicted molar refractivity (Wildman–Crippen MR) is 127 cm³/mol. The molecule has 0 aromatic heterocycles. The van der Waals surface area contributed by atoms with Crippen LogP contribution in [0, 0.1) is 0 Å². The topological polar surface area (TPSA) is 49.4 Å². The van der Waals surface area contributed by atoms with E-state index in [9.17, 15) is 9.59 Å². The van der Waals surface area contributed by atoms with E-state index < -0.39 is 0 Å². The molecule has 4 nitrogen and oxygen atoms in total. The first kappa shape index (κ1) is 21.8. The van der Waals surface area contributed by atoms with E-state index in [2.05, 4.69) is 47.8 Å². The molecule has 3 aromatic carbocycles. The summed E-state index contributed by atoms with van der Waals surface area (Å²) in [5.74, 6) is -0.0205. The molecule has 2 amide bonds. The lowest BCUT2D eigenvalue weighted by atomic mass is 9.88. The van der Waals surface area contributed by atoms with E-state index in [1.54, 1.807) is 0 Å².